The SMILES string of the molecule is C[C@H]([C@@H](C)/C=C/C1CCCCC1)[C@@H](C)CC=O. The number of carbonyl (C=O) groups is 1. The van der Waals surface area contributed by atoms with Crippen molar-refractivity contribution in [3.05, 3.63) is 12.2 Å². The van der Waals surface area contributed by atoms with Gasteiger partial charge in [-0.1, -0.05) is 52.2 Å². The number of rotatable bonds is 6. The Balaban J connectivity index is 2.37. The second-order valence-electron chi connectivity index (χ2n) is 5.88. The van der Waals surface area contributed by atoms with Crippen LogP contribution >= 0.6 is 0 Å². The molecule has 17 heavy (non-hydrogen) atoms. The van der Waals surface area contributed by atoms with Crippen LogP contribution in [0.1, 0.15) is 59.3 Å². The van der Waals surface area contributed by atoms with Gasteiger partial charge in [-0.2, -0.15) is 0 Å². The summed E-state index contributed by atoms with van der Waals surface area (Å²) in [5.74, 6) is 2.50. The normalized spacial score (nSPS) is 23.5. The highest BCUT2D eigenvalue weighted by Crippen LogP contribution is 2.27. The number of aldehydes is 1. The summed E-state index contributed by atoms with van der Waals surface area (Å²) in [4.78, 5) is 10.5. The fourth-order valence-corrected chi connectivity index (χ4v) is 2.72. The fraction of sp³-hybridized carbons (Fsp3) is 0.812. The van der Waals surface area contributed by atoms with Gasteiger partial charge >= 0.3 is 0 Å². The Hall–Kier alpha value is -0.590. The van der Waals surface area contributed by atoms with E-state index in [-0.39, 0.29) is 0 Å². The molecule has 0 spiro atoms. The van der Waals surface area contributed by atoms with Gasteiger partial charge in [-0.3, -0.25) is 0 Å². The van der Waals surface area contributed by atoms with Gasteiger partial charge in [-0.05, 0) is 36.5 Å². The molecule has 0 aliphatic heterocycles. The Morgan fingerprint density at radius 3 is 2.35 bits per heavy atom. The molecule has 1 fully saturated rings. The summed E-state index contributed by atoms with van der Waals surface area (Å²) in [6.45, 7) is 6.74. The molecule has 0 aromatic heterocycles. The molecular weight excluding hydrogens is 208 g/mol. The van der Waals surface area contributed by atoms with Crippen molar-refractivity contribution in [3.63, 3.8) is 0 Å². The van der Waals surface area contributed by atoms with Crippen molar-refractivity contribution in [2.24, 2.45) is 23.7 Å². The van der Waals surface area contributed by atoms with Crippen LogP contribution in [0.2, 0.25) is 0 Å². The summed E-state index contributed by atoms with van der Waals surface area (Å²) in [5.41, 5.74) is 0. The number of hydrogen-bond donors (Lipinski definition) is 0. The van der Waals surface area contributed by atoms with E-state index >= 15 is 0 Å². The van der Waals surface area contributed by atoms with Crippen molar-refractivity contribution in [2.45, 2.75) is 59.3 Å². The van der Waals surface area contributed by atoms with Crippen LogP contribution < -0.4 is 0 Å². The Kier molecular flexibility index (Phi) is 6.54. The average molecular weight is 236 g/mol. The first-order valence-electron chi connectivity index (χ1n) is 7.27. The zero-order valence-electron chi connectivity index (χ0n) is 11.7. The van der Waals surface area contributed by atoms with E-state index in [1.165, 1.54) is 32.1 Å². The minimum Gasteiger partial charge on any atom is -0.303 e. The maximum absolute atomic E-state index is 10.5. The quantitative estimate of drug-likeness (QED) is 0.486. The fourth-order valence-electron chi connectivity index (χ4n) is 2.72. The third-order valence-electron chi connectivity index (χ3n) is 4.53. The molecule has 0 heterocycles. The molecule has 0 saturated heterocycles. The van der Waals surface area contributed by atoms with Crippen molar-refractivity contribution in [3.8, 4) is 0 Å². The van der Waals surface area contributed by atoms with E-state index in [0.717, 1.165) is 12.2 Å². The van der Waals surface area contributed by atoms with Gasteiger partial charge in [-0.25, -0.2) is 0 Å². The Bertz CT molecular complexity index is 238. The van der Waals surface area contributed by atoms with Gasteiger partial charge < -0.3 is 4.79 Å². The van der Waals surface area contributed by atoms with E-state index in [0.29, 0.717) is 24.2 Å². The smallest absolute Gasteiger partial charge is 0.120 e. The van der Waals surface area contributed by atoms with Gasteiger partial charge in [-0.15, -0.1) is 0 Å². The summed E-state index contributed by atoms with van der Waals surface area (Å²) >= 11 is 0. The molecule has 98 valence electrons. The Labute approximate surface area is 107 Å². The third-order valence-corrected chi connectivity index (χ3v) is 4.53. The number of carbonyl (C=O) groups excluding carboxylic acids is 1. The second kappa shape index (κ2) is 7.68. The van der Waals surface area contributed by atoms with Crippen molar-refractivity contribution < 1.29 is 4.79 Å². The lowest BCUT2D eigenvalue weighted by Gasteiger charge is -2.24. The van der Waals surface area contributed by atoms with E-state index in [2.05, 4.69) is 32.9 Å². The van der Waals surface area contributed by atoms with Crippen LogP contribution in [0.25, 0.3) is 0 Å². The molecule has 0 bridgehead atoms. The minimum atomic E-state index is 0.499. The summed E-state index contributed by atoms with van der Waals surface area (Å²) in [6, 6.07) is 0. The lowest BCUT2D eigenvalue weighted by Crippen LogP contribution is -2.16. The molecule has 0 aromatic carbocycles. The molecule has 1 aliphatic carbocycles. The van der Waals surface area contributed by atoms with E-state index < -0.39 is 0 Å². The highest BCUT2D eigenvalue weighted by molar-refractivity contribution is 5.49. The summed E-state index contributed by atoms with van der Waals surface area (Å²) < 4.78 is 0. The van der Waals surface area contributed by atoms with E-state index in [9.17, 15) is 4.79 Å². The molecule has 0 amide bonds. The first kappa shape index (κ1) is 14.5. The molecule has 0 aromatic rings. The molecular formula is C16H28O. The van der Waals surface area contributed by atoms with Crippen LogP contribution in [0, 0.1) is 23.7 Å². The van der Waals surface area contributed by atoms with Crippen molar-refractivity contribution in [1.29, 1.82) is 0 Å². The van der Waals surface area contributed by atoms with Crippen LogP contribution in [0.3, 0.4) is 0 Å². The summed E-state index contributed by atoms with van der Waals surface area (Å²) in [6.07, 6.45) is 13.6. The highest BCUT2D eigenvalue weighted by atomic mass is 16.1. The Morgan fingerprint density at radius 1 is 1.12 bits per heavy atom. The average Bonchev–Trinajstić information content (AvgIpc) is 2.36. The van der Waals surface area contributed by atoms with Crippen molar-refractivity contribution >= 4 is 6.29 Å². The highest BCUT2D eigenvalue weighted by Gasteiger charge is 2.17. The molecule has 1 nitrogen and oxygen atoms in total. The first-order valence-corrected chi connectivity index (χ1v) is 7.27. The lowest BCUT2D eigenvalue weighted by molar-refractivity contribution is -0.108. The van der Waals surface area contributed by atoms with E-state index in [1.807, 2.05) is 0 Å². The zero-order valence-corrected chi connectivity index (χ0v) is 11.7. The molecule has 0 unspecified atom stereocenters. The topological polar surface area (TPSA) is 17.1 Å². The van der Waals surface area contributed by atoms with Crippen LogP contribution in [-0.2, 0) is 4.79 Å². The van der Waals surface area contributed by atoms with Gasteiger partial charge in [0.1, 0.15) is 6.29 Å². The summed E-state index contributed by atoms with van der Waals surface area (Å²) in [5, 5.41) is 0. The van der Waals surface area contributed by atoms with Gasteiger partial charge in [0, 0.05) is 6.42 Å². The molecule has 1 aliphatic rings. The minimum absolute atomic E-state index is 0.499. The van der Waals surface area contributed by atoms with E-state index in [1.54, 1.807) is 0 Å². The zero-order chi connectivity index (χ0) is 12.7. The maximum Gasteiger partial charge on any atom is 0.120 e. The molecule has 3 atom stereocenters. The second-order valence-corrected chi connectivity index (χ2v) is 5.88. The van der Waals surface area contributed by atoms with Crippen LogP contribution in [0.4, 0.5) is 0 Å². The molecule has 1 rings (SSSR count). The third kappa shape index (κ3) is 5.06. The lowest BCUT2D eigenvalue weighted by atomic mass is 9.82. The van der Waals surface area contributed by atoms with Crippen LogP contribution in [0.5, 0.6) is 0 Å². The first-order chi connectivity index (χ1) is 8.15. The maximum atomic E-state index is 10.5. The molecule has 1 saturated carbocycles. The molecule has 0 N–H and O–H groups in total. The monoisotopic (exact) mass is 236 g/mol. The predicted octanol–water partition coefficient (Wildman–Crippen LogP) is 4.62. The number of allylic oxidation sites excluding steroid dienone is 2. The van der Waals surface area contributed by atoms with Crippen molar-refractivity contribution in [1.82, 2.24) is 0 Å². The largest absolute Gasteiger partial charge is 0.303 e. The van der Waals surface area contributed by atoms with E-state index in [4.69, 9.17) is 0 Å². The molecule has 1 heteroatoms. The summed E-state index contributed by atoms with van der Waals surface area (Å²) in [7, 11) is 0. The van der Waals surface area contributed by atoms with Crippen LogP contribution in [-0.4, -0.2) is 6.29 Å². The number of hydrogen-bond acceptors (Lipinski definition) is 1. The van der Waals surface area contributed by atoms with Gasteiger partial charge in [0.25, 0.3) is 0 Å². The standard InChI is InChI=1S/C16H28O/c1-13(15(3)14(2)11-12-17)9-10-16-7-5-4-6-8-16/h9-10,12-16H,4-8,11H2,1-3H3/b10-9+/t13-,14-,15+/m0/s1. The van der Waals surface area contributed by atoms with Gasteiger partial charge in [0.05, 0.1) is 0 Å². The van der Waals surface area contributed by atoms with Crippen LogP contribution in [0.15, 0.2) is 12.2 Å². The van der Waals surface area contributed by atoms with Gasteiger partial charge in [0.2, 0.25) is 0 Å². The van der Waals surface area contributed by atoms with Gasteiger partial charge in [0.15, 0.2) is 0 Å². The Morgan fingerprint density at radius 2 is 1.76 bits per heavy atom. The van der Waals surface area contributed by atoms with Crippen molar-refractivity contribution in [2.75, 3.05) is 0 Å². The molecule has 0 radical (unpaired) electrons. The predicted molar refractivity (Wildman–Crippen MR) is 73.9 cm³/mol.